The van der Waals surface area contributed by atoms with Gasteiger partial charge in [-0.3, -0.25) is 0 Å². The van der Waals surface area contributed by atoms with Crippen molar-refractivity contribution in [2.45, 2.75) is 181 Å². The smallest absolute Gasteiger partial charge is 0.192 e. The van der Waals surface area contributed by atoms with E-state index in [0.717, 1.165) is 5.56 Å². The van der Waals surface area contributed by atoms with E-state index in [2.05, 4.69) is 160 Å². The molecule has 0 amide bonds. The molecular weight excluding hydrogens is 625 g/mol. The van der Waals surface area contributed by atoms with Crippen LogP contribution in [0.15, 0.2) is 30.3 Å². The van der Waals surface area contributed by atoms with Crippen LogP contribution >= 0.6 is 0 Å². The summed E-state index contributed by atoms with van der Waals surface area (Å²) in [6, 6.07) is 10.4. The fourth-order valence-corrected chi connectivity index (χ4v) is 8.76. The molecule has 0 aliphatic carbocycles. The largest absolute Gasteiger partial charge is 0.414 e. The molecule has 1 aromatic carbocycles. The van der Waals surface area contributed by atoms with Crippen molar-refractivity contribution in [1.82, 2.24) is 0 Å². The summed E-state index contributed by atoms with van der Waals surface area (Å²) in [5, 5.41) is 0.155. The van der Waals surface area contributed by atoms with E-state index in [1.54, 1.807) is 0 Å². The zero-order valence-corrected chi connectivity index (χ0v) is 37.3. The van der Waals surface area contributed by atoms with Crippen LogP contribution in [-0.4, -0.2) is 64.8 Å². The predicted molar refractivity (Wildman–Crippen MR) is 205 cm³/mol. The van der Waals surface area contributed by atoms with Gasteiger partial charge in [-0.05, 0) is 78.1 Å². The van der Waals surface area contributed by atoms with E-state index in [1.165, 1.54) is 0 Å². The average Bonchev–Trinajstić information content (AvgIpc) is 2.82. The lowest BCUT2D eigenvalue weighted by atomic mass is 10.1. The van der Waals surface area contributed by atoms with E-state index in [-0.39, 0.29) is 38.5 Å². The highest BCUT2D eigenvalue weighted by Gasteiger charge is 2.50. The summed E-state index contributed by atoms with van der Waals surface area (Å²) < 4.78 is 35.7. The number of benzene rings is 1. The third-order valence-electron chi connectivity index (χ3n) is 11.3. The lowest BCUT2D eigenvalue weighted by molar-refractivity contribution is -0.0840. The van der Waals surface area contributed by atoms with Crippen LogP contribution in [0.2, 0.25) is 72.5 Å². The van der Waals surface area contributed by atoms with Gasteiger partial charge in [-0.2, -0.15) is 0 Å². The lowest BCUT2D eigenvalue weighted by Gasteiger charge is -2.49. The van der Waals surface area contributed by atoms with Crippen molar-refractivity contribution in [3.8, 4) is 0 Å². The minimum absolute atomic E-state index is 0.0134. The average molecular weight is 699 g/mol. The number of hydrogen-bond donors (Lipinski definition) is 0. The molecule has 0 spiro atoms. The third-order valence-corrected chi connectivity index (χ3v) is 29.3. The summed E-state index contributed by atoms with van der Waals surface area (Å²) >= 11 is 0. The third kappa shape index (κ3) is 12.4. The molecule has 45 heavy (non-hydrogen) atoms. The fraction of sp³-hybridized carbons (Fsp3) is 0.833. The second kappa shape index (κ2) is 15.2. The maximum absolute atomic E-state index is 7.49. The number of ether oxygens (including phenoxy) is 1. The molecule has 0 N–H and O–H groups in total. The van der Waals surface area contributed by atoms with E-state index < -0.39 is 33.3 Å². The Morgan fingerprint density at radius 2 is 0.844 bits per heavy atom. The first-order chi connectivity index (χ1) is 19.8. The van der Waals surface area contributed by atoms with Crippen molar-refractivity contribution in [3.63, 3.8) is 0 Å². The first-order valence-corrected chi connectivity index (χ1v) is 28.8. The molecule has 0 radical (unpaired) electrons. The second-order valence-corrected chi connectivity index (χ2v) is 38.3. The molecule has 264 valence electrons. The molecule has 9 heteroatoms. The Morgan fingerprint density at radius 3 is 1.22 bits per heavy atom. The van der Waals surface area contributed by atoms with Crippen LogP contribution in [-0.2, 0) is 29.0 Å². The van der Waals surface area contributed by atoms with Gasteiger partial charge in [0.25, 0.3) is 0 Å². The molecule has 5 nitrogen and oxygen atoms in total. The maximum Gasteiger partial charge on any atom is 0.192 e. The molecule has 0 aromatic heterocycles. The van der Waals surface area contributed by atoms with Crippen molar-refractivity contribution in [3.05, 3.63) is 35.9 Å². The Bertz CT molecular complexity index is 1030. The van der Waals surface area contributed by atoms with Crippen LogP contribution in [0.1, 0.15) is 88.6 Å². The quantitative estimate of drug-likeness (QED) is 0.171. The first-order valence-electron chi connectivity index (χ1n) is 17.1. The van der Waals surface area contributed by atoms with E-state index in [1.807, 2.05) is 6.07 Å². The zero-order valence-electron chi connectivity index (χ0n) is 33.3. The van der Waals surface area contributed by atoms with Gasteiger partial charge in [0.05, 0.1) is 38.1 Å². The molecule has 1 aromatic rings. The SMILES string of the molecule is CC(C)(C)[Si](C)(C)OC[C@H](O[Si](C)(C)C(C)(C)C)[C@H](O[Si](C)(C)C(C)(C)C)[C@@H](COCc1ccccc1)O[Si](C)(C)C(C)(C)C. The maximum atomic E-state index is 7.49. The molecule has 3 atom stereocenters. The van der Waals surface area contributed by atoms with Gasteiger partial charge in [-0.15, -0.1) is 0 Å². The van der Waals surface area contributed by atoms with Gasteiger partial charge in [0, 0.05) is 0 Å². The molecule has 1 rings (SSSR count). The predicted octanol–water partition coefficient (Wildman–Crippen LogP) is 11.4. The normalized spacial score (nSPS) is 16.9. The zero-order chi connectivity index (χ0) is 35.5. The minimum atomic E-state index is -2.28. The van der Waals surface area contributed by atoms with Crippen molar-refractivity contribution in [2.24, 2.45) is 0 Å². The van der Waals surface area contributed by atoms with Crippen LogP contribution in [0.25, 0.3) is 0 Å². The van der Waals surface area contributed by atoms with Gasteiger partial charge in [0.1, 0.15) is 0 Å². The second-order valence-electron chi connectivity index (χ2n) is 19.2. The summed E-state index contributed by atoms with van der Waals surface area (Å²) in [5.74, 6) is 0. The van der Waals surface area contributed by atoms with Crippen molar-refractivity contribution in [2.75, 3.05) is 13.2 Å². The van der Waals surface area contributed by atoms with Crippen LogP contribution in [0.4, 0.5) is 0 Å². The summed E-state index contributed by atoms with van der Waals surface area (Å²) in [5.41, 5.74) is 1.15. The Morgan fingerprint density at radius 1 is 0.489 bits per heavy atom. The Hall–Kier alpha value is -0.112. The monoisotopic (exact) mass is 698 g/mol. The molecule has 0 bridgehead atoms. The van der Waals surface area contributed by atoms with Gasteiger partial charge in [-0.1, -0.05) is 113 Å². The summed E-state index contributed by atoms with van der Waals surface area (Å²) in [6.45, 7) is 47.7. The molecule has 0 aliphatic rings. The number of rotatable bonds is 15. The Kier molecular flexibility index (Phi) is 14.5. The topological polar surface area (TPSA) is 46.2 Å². The molecule has 0 heterocycles. The standard InChI is InChI=1S/C36H74O5Si4/c1-33(2,3)42(13,14)38-28-31(40-44(17,18)35(7,8)9)32(41-45(19,20)36(10,11)12)30(39-43(15,16)34(4,5)6)27-37-26-29-24-22-21-23-25-29/h21-25,30-32H,26-28H2,1-20H3/t30-,31+,32-/m1/s1. The van der Waals surface area contributed by atoms with E-state index >= 15 is 0 Å². The highest BCUT2D eigenvalue weighted by Crippen LogP contribution is 2.44. The fourth-order valence-electron chi connectivity index (χ4n) is 3.78. The number of hydrogen-bond acceptors (Lipinski definition) is 5. The summed E-state index contributed by atoms with van der Waals surface area (Å²) in [6.07, 6.45) is -0.930. The minimum Gasteiger partial charge on any atom is -0.414 e. The van der Waals surface area contributed by atoms with Gasteiger partial charge in [-0.25, -0.2) is 0 Å². The Balaban J connectivity index is 3.84. The van der Waals surface area contributed by atoms with Crippen LogP contribution < -0.4 is 0 Å². The highest BCUT2D eigenvalue weighted by molar-refractivity contribution is 6.75. The van der Waals surface area contributed by atoms with Gasteiger partial charge >= 0.3 is 0 Å². The van der Waals surface area contributed by atoms with E-state index in [4.69, 9.17) is 22.4 Å². The molecule has 0 unspecified atom stereocenters. The van der Waals surface area contributed by atoms with Crippen LogP contribution in [0.3, 0.4) is 0 Å². The van der Waals surface area contributed by atoms with E-state index in [0.29, 0.717) is 19.8 Å². The van der Waals surface area contributed by atoms with Crippen LogP contribution in [0, 0.1) is 0 Å². The molecule has 0 saturated heterocycles. The van der Waals surface area contributed by atoms with Crippen molar-refractivity contribution < 1.29 is 22.4 Å². The molecule has 0 fully saturated rings. The summed E-state index contributed by atoms with van der Waals surface area (Å²) in [7, 11) is -8.83. The van der Waals surface area contributed by atoms with Gasteiger partial charge in [0.15, 0.2) is 33.3 Å². The first kappa shape index (κ1) is 42.9. The van der Waals surface area contributed by atoms with Gasteiger partial charge in [0.2, 0.25) is 0 Å². The molecule has 0 aliphatic heterocycles. The van der Waals surface area contributed by atoms with Crippen molar-refractivity contribution in [1.29, 1.82) is 0 Å². The molecular formula is C36H74O5Si4. The van der Waals surface area contributed by atoms with Crippen LogP contribution in [0.5, 0.6) is 0 Å². The van der Waals surface area contributed by atoms with Gasteiger partial charge < -0.3 is 22.4 Å². The summed E-state index contributed by atoms with van der Waals surface area (Å²) in [4.78, 5) is 0. The van der Waals surface area contributed by atoms with Crippen molar-refractivity contribution >= 4 is 33.3 Å². The highest BCUT2D eigenvalue weighted by atomic mass is 28.4. The van der Waals surface area contributed by atoms with E-state index in [9.17, 15) is 0 Å². The Labute approximate surface area is 284 Å². The lowest BCUT2D eigenvalue weighted by Crippen LogP contribution is -2.60. The molecule has 0 saturated carbocycles.